The average molecular weight is 322 g/mol. The third kappa shape index (κ3) is 2.91. The Morgan fingerprint density at radius 3 is 2.71 bits per heavy atom. The van der Waals surface area contributed by atoms with Crippen LogP contribution in [0.25, 0.3) is 0 Å². The van der Waals surface area contributed by atoms with Gasteiger partial charge in [0.2, 0.25) is 0 Å². The molecule has 0 bridgehead atoms. The number of aromatic hydroxyl groups is 1. The highest BCUT2D eigenvalue weighted by atomic mass is 16.5. The van der Waals surface area contributed by atoms with E-state index in [2.05, 4.69) is 6.92 Å². The highest BCUT2D eigenvalue weighted by molar-refractivity contribution is 6.00. The van der Waals surface area contributed by atoms with E-state index in [0.29, 0.717) is 17.9 Å². The van der Waals surface area contributed by atoms with E-state index in [1.165, 1.54) is 22.6 Å². The Bertz CT molecular complexity index is 810. The molecule has 1 amide bonds. The van der Waals surface area contributed by atoms with Crippen LogP contribution in [-0.4, -0.2) is 23.7 Å². The second-order valence-corrected chi connectivity index (χ2v) is 5.67. The fraction of sp³-hybridized carbons (Fsp3) is 0.263. The molecule has 0 saturated carbocycles. The van der Waals surface area contributed by atoms with Crippen LogP contribution in [0.1, 0.15) is 18.1 Å². The van der Waals surface area contributed by atoms with Crippen LogP contribution in [-0.2, 0) is 17.6 Å². The number of carbonyl (C=O) groups is 1. The molecule has 2 aromatic rings. The van der Waals surface area contributed by atoms with Gasteiger partial charge in [0.05, 0.1) is 11.8 Å². The molecular formula is C19H18N2O3. The molecule has 0 aliphatic carbocycles. The summed E-state index contributed by atoms with van der Waals surface area (Å²) >= 11 is 0. The van der Waals surface area contributed by atoms with E-state index in [0.717, 1.165) is 12.0 Å². The minimum Gasteiger partial charge on any atom is -0.508 e. The van der Waals surface area contributed by atoms with Gasteiger partial charge >= 0.3 is 0 Å². The number of hydrogen-bond acceptors (Lipinski definition) is 4. The van der Waals surface area contributed by atoms with Gasteiger partial charge in [0.25, 0.3) is 5.91 Å². The van der Waals surface area contributed by atoms with E-state index >= 15 is 0 Å². The summed E-state index contributed by atoms with van der Waals surface area (Å²) < 4.78 is 5.87. The number of hydrogen-bond donors (Lipinski definition) is 1. The van der Waals surface area contributed by atoms with Crippen molar-refractivity contribution in [1.82, 2.24) is 0 Å². The molecule has 122 valence electrons. The lowest BCUT2D eigenvalue weighted by atomic mass is 9.98. The number of amides is 1. The average Bonchev–Trinajstić information content (AvgIpc) is 2.59. The van der Waals surface area contributed by atoms with E-state index < -0.39 is 6.10 Å². The quantitative estimate of drug-likeness (QED) is 0.879. The number of aryl methyl sites for hydroxylation is 1. The Labute approximate surface area is 140 Å². The molecule has 0 fully saturated rings. The first-order chi connectivity index (χ1) is 11.6. The summed E-state index contributed by atoms with van der Waals surface area (Å²) in [6.07, 6.45) is 0.650. The molecule has 1 aliphatic heterocycles. The molecule has 1 heterocycles. The standard InChI is InChI=1S/C19H18N2O3/c1-2-13-5-3-4-6-14(13)11-18-19(23)21(10-9-20)16-12-15(22)7-8-17(16)24-18/h3-8,12,18,22H,2,10-11H2,1H3. The number of phenols is 1. The Morgan fingerprint density at radius 2 is 2.00 bits per heavy atom. The van der Waals surface area contributed by atoms with Gasteiger partial charge in [0, 0.05) is 12.5 Å². The first kappa shape index (κ1) is 15.9. The van der Waals surface area contributed by atoms with Gasteiger partial charge in [0.15, 0.2) is 6.10 Å². The summed E-state index contributed by atoms with van der Waals surface area (Å²) in [5.74, 6) is 0.269. The van der Waals surface area contributed by atoms with Gasteiger partial charge in [0.1, 0.15) is 18.0 Å². The van der Waals surface area contributed by atoms with Crippen LogP contribution in [0, 0.1) is 11.3 Å². The van der Waals surface area contributed by atoms with Crippen LogP contribution in [0.5, 0.6) is 11.5 Å². The zero-order valence-electron chi connectivity index (χ0n) is 13.4. The molecule has 1 N–H and O–H groups in total. The number of fused-ring (bicyclic) bond motifs is 1. The zero-order valence-corrected chi connectivity index (χ0v) is 13.4. The van der Waals surface area contributed by atoms with E-state index in [4.69, 9.17) is 10.00 Å². The van der Waals surface area contributed by atoms with E-state index in [9.17, 15) is 9.90 Å². The number of ether oxygens (including phenoxy) is 1. The molecule has 3 rings (SSSR count). The molecule has 1 aliphatic rings. The van der Waals surface area contributed by atoms with Crippen LogP contribution in [0.3, 0.4) is 0 Å². The van der Waals surface area contributed by atoms with Gasteiger partial charge in [-0.2, -0.15) is 5.26 Å². The lowest BCUT2D eigenvalue weighted by Crippen LogP contribution is -2.47. The number of rotatable bonds is 4. The number of carbonyl (C=O) groups excluding carboxylic acids is 1. The molecule has 0 saturated heterocycles. The fourth-order valence-electron chi connectivity index (χ4n) is 2.98. The van der Waals surface area contributed by atoms with Crippen LogP contribution >= 0.6 is 0 Å². The van der Waals surface area contributed by atoms with Crippen molar-refractivity contribution in [3.05, 3.63) is 53.6 Å². The number of nitriles is 1. The van der Waals surface area contributed by atoms with Crippen molar-refractivity contribution < 1.29 is 14.6 Å². The zero-order chi connectivity index (χ0) is 17.1. The Morgan fingerprint density at radius 1 is 1.25 bits per heavy atom. The molecule has 0 aromatic heterocycles. The van der Waals surface area contributed by atoms with Crippen LogP contribution in [0.2, 0.25) is 0 Å². The monoisotopic (exact) mass is 322 g/mol. The predicted molar refractivity (Wildman–Crippen MR) is 90.0 cm³/mol. The van der Waals surface area contributed by atoms with E-state index in [1.54, 1.807) is 6.07 Å². The fourth-order valence-corrected chi connectivity index (χ4v) is 2.98. The molecule has 1 atom stereocenters. The minimum atomic E-state index is -0.678. The van der Waals surface area contributed by atoms with E-state index in [-0.39, 0.29) is 18.2 Å². The lowest BCUT2D eigenvalue weighted by molar-refractivity contribution is -0.126. The van der Waals surface area contributed by atoms with Gasteiger partial charge < -0.3 is 9.84 Å². The first-order valence-corrected chi connectivity index (χ1v) is 7.88. The molecule has 5 nitrogen and oxygen atoms in total. The highest BCUT2D eigenvalue weighted by Crippen LogP contribution is 2.37. The maximum Gasteiger partial charge on any atom is 0.269 e. The second kappa shape index (κ2) is 6.63. The van der Waals surface area contributed by atoms with Gasteiger partial charge in [-0.05, 0) is 29.7 Å². The summed E-state index contributed by atoms with van der Waals surface area (Å²) in [5, 5.41) is 18.7. The topological polar surface area (TPSA) is 73.6 Å². The van der Waals surface area contributed by atoms with Crippen LogP contribution in [0.15, 0.2) is 42.5 Å². The number of nitrogens with zero attached hydrogens (tertiary/aromatic N) is 2. The van der Waals surface area contributed by atoms with Crippen molar-refractivity contribution in [1.29, 1.82) is 5.26 Å². The molecule has 1 unspecified atom stereocenters. The third-order valence-corrected chi connectivity index (χ3v) is 4.18. The molecule has 0 spiro atoms. The number of anilines is 1. The van der Waals surface area contributed by atoms with Crippen molar-refractivity contribution >= 4 is 11.6 Å². The summed E-state index contributed by atoms with van der Waals surface area (Å²) in [6.45, 7) is 1.99. The van der Waals surface area contributed by atoms with E-state index in [1.807, 2.05) is 30.3 Å². The summed E-state index contributed by atoms with van der Waals surface area (Å²) in [6, 6.07) is 14.5. The van der Waals surface area contributed by atoms with Crippen molar-refractivity contribution in [3.63, 3.8) is 0 Å². The normalized spacial score (nSPS) is 16.2. The summed E-state index contributed by atoms with van der Waals surface area (Å²) in [5.41, 5.74) is 2.68. The number of phenolic OH excluding ortho intramolecular Hbond substituents is 1. The van der Waals surface area contributed by atoms with Crippen molar-refractivity contribution in [3.8, 4) is 17.6 Å². The minimum absolute atomic E-state index is 0.0304. The van der Waals surface area contributed by atoms with Gasteiger partial charge in [-0.15, -0.1) is 0 Å². The summed E-state index contributed by atoms with van der Waals surface area (Å²) in [4.78, 5) is 14.1. The first-order valence-electron chi connectivity index (χ1n) is 7.88. The third-order valence-electron chi connectivity index (χ3n) is 4.18. The smallest absolute Gasteiger partial charge is 0.269 e. The number of benzene rings is 2. The van der Waals surface area contributed by atoms with Gasteiger partial charge in [-0.3, -0.25) is 9.69 Å². The maximum absolute atomic E-state index is 12.8. The van der Waals surface area contributed by atoms with Gasteiger partial charge in [-0.1, -0.05) is 31.2 Å². The molecule has 2 aromatic carbocycles. The van der Waals surface area contributed by atoms with Crippen LogP contribution in [0.4, 0.5) is 5.69 Å². The Balaban J connectivity index is 1.94. The van der Waals surface area contributed by atoms with Gasteiger partial charge in [-0.25, -0.2) is 0 Å². The molecule has 5 heteroatoms. The predicted octanol–water partition coefficient (Wildman–Crippen LogP) is 2.81. The molecule has 24 heavy (non-hydrogen) atoms. The lowest BCUT2D eigenvalue weighted by Gasteiger charge is -2.33. The van der Waals surface area contributed by atoms with Crippen molar-refractivity contribution in [2.45, 2.75) is 25.9 Å². The molecule has 0 radical (unpaired) electrons. The molecular weight excluding hydrogens is 304 g/mol. The van der Waals surface area contributed by atoms with Crippen molar-refractivity contribution in [2.75, 3.05) is 11.4 Å². The highest BCUT2D eigenvalue weighted by Gasteiger charge is 2.34. The largest absolute Gasteiger partial charge is 0.508 e. The maximum atomic E-state index is 12.8. The Hall–Kier alpha value is -3.00. The Kier molecular flexibility index (Phi) is 4.39. The second-order valence-electron chi connectivity index (χ2n) is 5.67. The summed E-state index contributed by atoms with van der Waals surface area (Å²) in [7, 11) is 0. The van der Waals surface area contributed by atoms with Crippen molar-refractivity contribution in [2.24, 2.45) is 0 Å². The van der Waals surface area contributed by atoms with Crippen LogP contribution < -0.4 is 9.64 Å². The SMILES string of the molecule is CCc1ccccc1CC1Oc2ccc(O)cc2N(CC#N)C1=O.